The highest BCUT2D eigenvalue weighted by molar-refractivity contribution is 6.69. The van der Waals surface area contributed by atoms with Crippen molar-refractivity contribution in [3.63, 3.8) is 0 Å². The molecule has 1 rings (SSSR count). The van der Waals surface area contributed by atoms with E-state index in [4.69, 9.17) is 20.5 Å². The van der Waals surface area contributed by atoms with E-state index in [2.05, 4.69) is 6.92 Å². The Morgan fingerprint density at radius 1 is 1.19 bits per heavy atom. The minimum atomic E-state index is -2.01. The summed E-state index contributed by atoms with van der Waals surface area (Å²) in [5, 5.41) is 0. The largest absolute Gasteiger partial charge is 0.397 e. The first kappa shape index (κ1) is 14.5. The van der Waals surface area contributed by atoms with Crippen LogP contribution in [0, 0.1) is 5.92 Å². The molecule has 16 heavy (non-hydrogen) atoms. The third-order valence-corrected chi connectivity index (χ3v) is 8.81. The summed E-state index contributed by atoms with van der Waals surface area (Å²) in [6.07, 6.45) is 6.61. The fourth-order valence-electron chi connectivity index (χ4n) is 2.83. The normalized spacial score (nSPS) is 21.0. The van der Waals surface area contributed by atoms with Crippen LogP contribution in [0.2, 0.25) is 11.6 Å². The van der Waals surface area contributed by atoms with Gasteiger partial charge in [0.1, 0.15) is 0 Å². The number of halogens is 1. The van der Waals surface area contributed by atoms with E-state index in [1.807, 2.05) is 14.2 Å². The molecule has 96 valence electrons. The minimum Gasteiger partial charge on any atom is -0.397 e. The van der Waals surface area contributed by atoms with Crippen molar-refractivity contribution in [3.8, 4) is 0 Å². The van der Waals surface area contributed by atoms with Gasteiger partial charge < -0.3 is 8.85 Å². The third kappa shape index (κ3) is 3.46. The van der Waals surface area contributed by atoms with Gasteiger partial charge in [-0.15, -0.1) is 11.6 Å². The Morgan fingerprint density at radius 3 is 2.19 bits per heavy atom. The Hall–Kier alpha value is 0.427. The molecule has 0 aromatic carbocycles. The maximum absolute atomic E-state index is 5.92. The summed E-state index contributed by atoms with van der Waals surface area (Å²) in [6.45, 7) is 2.19. The van der Waals surface area contributed by atoms with Crippen molar-refractivity contribution < 1.29 is 8.85 Å². The van der Waals surface area contributed by atoms with Crippen molar-refractivity contribution in [3.05, 3.63) is 0 Å². The van der Waals surface area contributed by atoms with Crippen LogP contribution in [0.15, 0.2) is 0 Å². The van der Waals surface area contributed by atoms with Crippen LogP contribution in [-0.2, 0) is 8.85 Å². The Morgan fingerprint density at radius 2 is 1.75 bits per heavy atom. The molecule has 4 heteroatoms. The molecule has 0 saturated heterocycles. The summed E-state index contributed by atoms with van der Waals surface area (Å²) >= 11 is 5.92. The first-order chi connectivity index (χ1) is 7.68. The van der Waals surface area contributed by atoms with Gasteiger partial charge >= 0.3 is 8.56 Å². The van der Waals surface area contributed by atoms with Crippen LogP contribution in [-0.4, -0.2) is 28.7 Å². The second-order valence-electron chi connectivity index (χ2n) is 5.02. The van der Waals surface area contributed by atoms with Crippen LogP contribution in [0.4, 0.5) is 0 Å². The Bertz CT molecular complexity index is 191. The van der Waals surface area contributed by atoms with Gasteiger partial charge in [0.05, 0.1) is 0 Å². The van der Waals surface area contributed by atoms with Gasteiger partial charge in [0, 0.05) is 25.6 Å². The number of hydrogen-bond donors (Lipinski definition) is 0. The topological polar surface area (TPSA) is 18.5 Å². The molecular weight excluding hydrogens is 240 g/mol. The zero-order valence-corrected chi connectivity index (χ0v) is 12.6. The van der Waals surface area contributed by atoms with Gasteiger partial charge in [0.15, 0.2) is 0 Å². The lowest BCUT2D eigenvalue weighted by Gasteiger charge is -2.38. The SMILES string of the molecule is CO[Si](CC(C)CCl)(OC)C1CCCCC1. The lowest BCUT2D eigenvalue weighted by atomic mass is 10.0. The molecule has 0 aromatic heterocycles. The molecule has 0 heterocycles. The summed E-state index contributed by atoms with van der Waals surface area (Å²) in [4.78, 5) is 0. The minimum absolute atomic E-state index is 0.496. The summed E-state index contributed by atoms with van der Waals surface area (Å²) in [5.74, 6) is 1.20. The van der Waals surface area contributed by atoms with E-state index in [1.165, 1.54) is 32.1 Å². The number of hydrogen-bond acceptors (Lipinski definition) is 2. The summed E-state index contributed by atoms with van der Waals surface area (Å²) in [6, 6.07) is 1.04. The molecule has 1 unspecified atom stereocenters. The Kier molecular flexibility index (Phi) is 6.33. The lowest BCUT2D eigenvalue weighted by molar-refractivity contribution is 0.211. The van der Waals surface area contributed by atoms with E-state index in [0.717, 1.165) is 6.04 Å². The molecule has 0 aromatic rings. The van der Waals surface area contributed by atoms with Crippen molar-refractivity contribution in [1.29, 1.82) is 0 Å². The quantitative estimate of drug-likeness (QED) is 0.535. The van der Waals surface area contributed by atoms with E-state index >= 15 is 0 Å². The smallest absolute Gasteiger partial charge is 0.341 e. The van der Waals surface area contributed by atoms with Crippen LogP contribution in [0.5, 0.6) is 0 Å². The third-order valence-electron chi connectivity index (χ3n) is 3.81. The standard InChI is InChI=1S/C12H25ClO2Si/c1-11(9-13)10-16(14-2,15-3)12-7-5-4-6-8-12/h11-12H,4-10H2,1-3H3. The van der Waals surface area contributed by atoms with E-state index in [0.29, 0.717) is 17.3 Å². The maximum Gasteiger partial charge on any atom is 0.341 e. The molecule has 0 bridgehead atoms. The molecule has 1 atom stereocenters. The highest BCUT2D eigenvalue weighted by Crippen LogP contribution is 2.41. The van der Waals surface area contributed by atoms with Crippen molar-refractivity contribution in [2.24, 2.45) is 5.92 Å². The number of alkyl halides is 1. The zero-order chi connectivity index (χ0) is 12.0. The van der Waals surface area contributed by atoms with Gasteiger partial charge in [-0.1, -0.05) is 26.2 Å². The second-order valence-corrected chi connectivity index (χ2v) is 8.99. The van der Waals surface area contributed by atoms with Crippen LogP contribution < -0.4 is 0 Å². The Labute approximate surface area is 106 Å². The van der Waals surface area contributed by atoms with E-state index < -0.39 is 8.56 Å². The molecule has 0 spiro atoms. The zero-order valence-electron chi connectivity index (χ0n) is 10.8. The molecule has 1 aliphatic rings. The van der Waals surface area contributed by atoms with Gasteiger partial charge in [0.25, 0.3) is 0 Å². The number of rotatable bonds is 6. The predicted molar refractivity (Wildman–Crippen MR) is 71.3 cm³/mol. The van der Waals surface area contributed by atoms with E-state index in [1.54, 1.807) is 0 Å². The molecule has 1 saturated carbocycles. The molecule has 0 radical (unpaired) electrons. The van der Waals surface area contributed by atoms with Crippen molar-refractivity contribution >= 4 is 20.2 Å². The average Bonchev–Trinajstić information content (AvgIpc) is 2.37. The monoisotopic (exact) mass is 264 g/mol. The molecule has 0 N–H and O–H groups in total. The summed E-state index contributed by atoms with van der Waals surface area (Å²) < 4.78 is 11.7. The molecule has 1 fully saturated rings. The summed E-state index contributed by atoms with van der Waals surface area (Å²) in [5.41, 5.74) is 0.668. The van der Waals surface area contributed by atoms with E-state index in [-0.39, 0.29) is 0 Å². The molecule has 2 nitrogen and oxygen atoms in total. The fourth-order valence-corrected chi connectivity index (χ4v) is 7.03. The molecular formula is C12H25ClO2Si. The first-order valence-corrected chi connectivity index (χ1v) is 8.98. The average molecular weight is 265 g/mol. The molecule has 1 aliphatic carbocycles. The first-order valence-electron chi connectivity index (χ1n) is 6.34. The molecule has 0 amide bonds. The van der Waals surface area contributed by atoms with Crippen LogP contribution in [0.25, 0.3) is 0 Å². The maximum atomic E-state index is 5.92. The van der Waals surface area contributed by atoms with Crippen molar-refractivity contribution in [2.75, 3.05) is 20.1 Å². The Balaban J connectivity index is 2.68. The fraction of sp³-hybridized carbons (Fsp3) is 1.00. The second kappa shape index (κ2) is 6.99. The van der Waals surface area contributed by atoms with Crippen LogP contribution in [0.3, 0.4) is 0 Å². The van der Waals surface area contributed by atoms with Gasteiger partial charge in [-0.3, -0.25) is 0 Å². The highest BCUT2D eigenvalue weighted by atomic mass is 35.5. The van der Waals surface area contributed by atoms with Gasteiger partial charge in [-0.2, -0.15) is 0 Å². The van der Waals surface area contributed by atoms with Gasteiger partial charge in [-0.05, 0) is 24.8 Å². The highest BCUT2D eigenvalue weighted by Gasteiger charge is 2.45. The van der Waals surface area contributed by atoms with Crippen LogP contribution in [0.1, 0.15) is 39.0 Å². The lowest BCUT2D eigenvalue weighted by Crippen LogP contribution is -2.47. The van der Waals surface area contributed by atoms with Crippen LogP contribution >= 0.6 is 11.6 Å². The molecule has 0 aliphatic heterocycles. The summed E-state index contributed by atoms with van der Waals surface area (Å²) in [7, 11) is 1.64. The van der Waals surface area contributed by atoms with Crippen molar-refractivity contribution in [1.82, 2.24) is 0 Å². The van der Waals surface area contributed by atoms with E-state index in [9.17, 15) is 0 Å². The predicted octanol–water partition coefficient (Wildman–Crippen LogP) is 3.93. The van der Waals surface area contributed by atoms with Gasteiger partial charge in [0.2, 0.25) is 0 Å². The van der Waals surface area contributed by atoms with Crippen molar-refractivity contribution in [2.45, 2.75) is 50.6 Å². The van der Waals surface area contributed by atoms with Gasteiger partial charge in [-0.25, -0.2) is 0 Å².